The van der Waals surface area contributed by atoms with E-state index in [0.717, 1.165) is 11.7 Å². The van der Waals surface area contributed by atoms with Gasteiger partial charge in [-0.3, -0.25) is 4.57 Å². The number of carbonyl (C=O) groups is 1. The second-order valence-electron chi connectivity index (χ2n) is 4.25. The average Bonchev–Trinajstić information content (AvgIpc) is 3.16. The Labute approximate surface area is 119 Å². The number of carbonyl (C=O) groups excluding carboxylic acids is 1. The molecule has 1 saturated heterocycles. The molecule has 106 valence electrons. The minimum atomic E-state index is -0.358. The van der Waals surface area contributed by atoms with Crippen molar-refractivity contribution in [2.24, 2.45) is 0 Å². The lowest BCUT2D eigenvalue weighted by Gasteiger charge is -2.08. The molecule has 2 aromatic heterocycles. The fourth-order valence-corrected chi connectivity index (χ4v) is 2.95. The molecule has 1 amide bonds. The number of aromatic nitrogens is 3. The third-order valence-corrected chi connectivity index (χ3v) is 4.02. The molecule has 1 N–H and O–H groups in total. The van der Waals surface area contributed by atoms with E-state index in [-0.39, 0.29) is 12.2 Å². The summed E-state index contributed by atoms with van der Waals surface area (Å²) in [6.45, 7) is 3.31. The maximum Gasteiger partial charge on any atom is 0.407 e. The van der Waals surface area contributed by atoms with Crippen LogP contribution in [0.2, 0.25) is 0 Å². The highest BCUT2D eigenvalue weighted by molar-refractivity contribution is 7.99. The summed E-state index contributed by atoms with van der Waals surface area (Å²) in [6, 6.07) is 3.67. The number of thioether (sulfide) groups is 1. The molecule has 0 aliphatic carbocycles. The summed E-state index contributed by atoms with van der Waals surface area (Å²) in [4.78, 5) is 11.0. The molecular formula is C12H14N4O3S. The fourth-order valence-electron chi connectivity index (χ4n) is 1.96. The first-order chi connectivity index (χ1) is 9.78. The molecule has 1 aliphatic rings. The molecule has 7 nitrogen and oxygen atoms in total. The Balaban J connectivity index is 1.72. The smallest absolute Gasteiger partial charge is 0.407 e. The van der Waals surface area contributed by atoms with Crippen LogP contribution in [-0.4, -0.2) is 39.3 Å². The lowest BCUT2D eigenvalue weighted by molar-refractivity contribution is 0.150. The minimum Gasteiger partial charge on any atom is -0.461 e. The Morgan fingerprint density at radius 1 is 1.55 bits per heavy atom. The van der Waals surface area contributed by atoms with Crippen molar-refractivity contribution in [1.29, 1.82) is 0 Å². The normalized spacial score (nSPS) is 18.1. The van der Waals surface area contributed by atoms with Crippen molar-refractivity contribution in [2.45, 2.75) is 24.7 Å². The number of alkyl carbamates (subject to hydrolysis) is 1. The molecule has 2 aromatic rings. The first kappa shape index (κ1) is 13.0. The number of ether oxygens (including phenoxy) is 1. The van der Waals surface area contributed by atoms with Gasteiger partial charge in [0, 0.05) is 12.3 Å². The highest BCUT2D eigenvalue weighted by Gasteiger charge is 2.24. The third kappa shape index (κ3) is 2.51. The van der Waals surface area contributed by atoms with Gasteiger partial charge in [0.15, 0.2) is 16.7 Å². The topological polar surface area (TPSA) is 82.2 Å². The van der Waals surface area contributed by atoms with Crippen molar-refractivity contribution in [3.63, 3.8) is 0 Å². The van der Waals surface area contributed by atoms with Gasteiger partial charge in [-0.15, -0.1) is 10.2 Å². The van der Waals surface area contributed by atoms with E-state index in [1.807, 2.05) is 23.6 Å². The Morgan fingerprint density at radius 3 is 3.10 bits per heavy atom. The number of nitrogens with zero attached hydrogens (tertiary/aromatic N) is 3. The van der Waals surface area contributed by atoms with Crippen LogP contribution in [0.15, 0.2) is 28.0 Å². The van der Waals surface area contributed by atoms with E-state index in [9.17, 15) is 4.79 Å². The molecule has 0 unspecified atom stereocenters. The van der Waals surface area contributed by atoms with E-state index in [1.54, 1.807) is 6.26 Å². The Hall–Kier alpha value is -1.96. The van der Waals surface area contributed by atoms with Gasteiger partial charge in [-0.2, -0.15) is 0 Å². The summed E-state index contributed by atoms with van der Waals surface area (Å²) < 4.78 is 12.4. The average molecular weight is 294 g/mol. The lowest BCUT2D eigenvalue weighted by atomic mass is 10.4. The van der Waals surface area contributed by atoms with Crippen LogP contribution in [0, 0.1) is 0 Å². The number of rotatable bonds is 5. The van der Waals surface area contributed by atoms with Crippen LogP contribution in [0.4, 0.5) is 4.79 Å². The quantitative estimate of drug-likeness (QED) is 0.846. The molecule has 0 aromatic carbocycles. The van der Waals surface area contributed by atoms with Crippen molar-refractivity contribution in [2.75, 3.05) is 12.3 Å². The second-order valence-corrected chi connectivity index (χ2v) is 5.23. The number of amides is 1. The molecule has 1 aliphatic heterocycles. The number of hydrogen-bond donors (Lipinski definition) is 1. The lowest BCUT2D eigenvalue weighted by Crippen LogP contribution is -2.17. The molecule has 0 spiro atoms. The van der Waals surface area contributed by atoms with Crippen molar-refractivity contribution in [1.82, 2.24) is 20.1 Å². The maximum atomic E-state index is 11.0. The minimum absolute atomic E-state index is 0.124. The number of hydrogen-bond acceptors (Lipinski definition) is 6. The molecule has 0 bridgehead atoms. The maximum absolute atomic E-state index is 11.0. The van der Waals surface area contributed by atoms with Gasteiger partial charge >= 0.3 is 6.09 Å². The summed E-state index contributed by atoms with van der Waals surface area (Å²) in [5, 5.41) is 11.8. The molecule has 20 heavy (non-hydrogen) atoms. The summed E-state index contributed by atoms with van der Waals surface area (Å²) in [5.41, 5.74) is 0. The number of cyclic esters (lactones) is 1. The van der Waals surface area contributed by atoms with Gasteiger partial charge in [0.25, 0.3) is 0 Å². The molecule has 0 saturated carbocycles. The van der Waals surface area contributed by atoms with Gasteiger partial charge in [-0.05, 0) is 19.1 Å². The first-order valence-electron chi connectivity index (χ1n) is 6.32. The molecule has 1 fully saturated rings. The van der Waals surface area contributed by atoms with Crippen molar-refractivity contribution >= 4 is 17.9 Å². The van der Waals surface area contributed by atoms with Gasteiger partial charge in [0.1, 0.15) is 6.10 Å². The van der Waals surface area contributed by atoms with E-state index in [2.05, 4.69) is 15.5 Å². The monoisotopic (exact) mass is 294 g/mol. The van der Waals surface area contributed by atoms with Gasteiger partial charge in [-0.25, -0.2) is 4.79 Å². The van der Waals surface area contributed by atoms with E-state index >= 15 is 0 Å². The molecule has 1 atom stereocenters. The van der Waals surface area contributed by atoms with Crippen molar-refractivity contribution < 1.29 is 13.9 Å². The zero-order valence-corrected chi connectivity index (χ0v) is 11.7. The Kier molecular flexibility index (Phi) is 3.64. The Bertz CT molecular complexity index is 596. The fraction of sp³-hybridized carbons (Fsp3) is 0.417. The number of furan rings is 1. The van der Waals surface area contributed by atoms with Gasteiger partial charge in [-0.1, -0.05) is 11.8 Å². The Morgan fingerprint density at radius 2 is 2.45 bits per heavy atom. The summed E-state index contributed by atoms with van der Waals surface area (Å²) in [5.74, 6) is 2.05. The summed E-state index contributed by atoms with van der Waals surface area (Å²) in [7, 11) is 0. The van der Waals surface area contributed by atoms with Crippen LogP contribution in [0.1, 0.15) is 6.92 Å². The SMILES string of the molecule is CCn1c(SC[C@@H]2CNC(=O)O2)nnc1-c1ccco1. The first-order valence-corrected chi connectivity index (χ1v) is 7.31. The van der Waals surface area contributed by atoms with Crippen LogP contribution >= 0.6 is 11.8 Å². The largest absolute Gasteiger partial charge is 0.461 e. The van der Waals surface area contributed by atoms with E-state index in [4.69, 9.17) is 9.15 Å². The molecular weight excluding hydrogens is 280 g/mol. The van der Waals surface area contributed by atoms with E-state index in [1.165, 1.54) is 11.8 Å². The highest BCUT2D eigenvalue weighted by atomic mass is 32.2. The van der Waals surface area contributed by atoms with Crippen molar-refractivity contribution in [3.8, 4) is 11.6 Å². The zero-order chi connectivity index (χ0) is 13.9. The predicted molar refractivity (Wildman–Crippen MR) is 72.4 cm³/mol. The van der Waals surface area contributed by atoms with Gasteiger partial charge in [0.05, 0.1) is 12.8 Å². The van der Waals surface area contributed by atoms with E-state index in [0.29, 0.717) is 23.9 Å². The molecule has 3 rings (SSSR count). The predicted octanol–water partition coefficient (Wildman–Crippen LogP) is 1.76. The zero-order valence-electron chi connectivity index (χ0n) is 10.9. The second kappa shape index (κ2) is 5.58. The van der Waals surface area contributed by atoms with Crippen molar-refractivity contribution in [3.05, 3.63) is 18.4 Å². The molecule has 0 radical (unpaired) electrons. The van der Waals surface area contributed by atoms with Crippen LogP contribution in [0.5, 0.6) is 0 Å². The van der Waals surface area contributed by atoms with E-state index < -0.39 is 0 Å². The summed E-state index contributed by atoms with van der Waals surface area (Å²) >= 11 is 1.52. The number of nitrogens with one attached hydrogen (secondary N) is 1. The van der Waals surface area contributed by atoms with Crippen LogP contribution < -0.4 is 5.32 Å². The van der Waals surface area contributed by atoms with Crippen LogP contribution in [-0.2, 0) is 11.3 Å². The summed E-state index contributed by atoms with van der Waals surface area (Å²) in [6.07, 6.45) is 1.13. The molecule has 3 heterocycles. The highest BCUT2D eigenvalue weighted by Crippen LogP contribution is 2.25. The standard InChI is InChI=1S/C12H14N4O3S/c1-2-16-10(9-4-3-5-18-9)14-15-11(16)20-7-8-6-13-12(17)19-8/h3-5,8H,2,6-7H2,1H3,(H,13,17)/t8-/m0/s1. The third-order valence-electron chi connectivity index (χ3n) is 2.92. The molecule has 8 heteroatoms. The van der Waals surface area contributed by atoms with Crippen LogP contribution in [0.25, 0.3) is 11.6 Å². The van der Waals surface area contributed by atoms with Gasteiger partial charge in [0.2, 0.25) is 0 Å². The van der Waals surface area contributed by atoms with Crippen LogP contribution in [0.3, 0.4) is 0 Å². The van der Waals surface area contributed by atoms with Gasteiger partial charge < -0.3 is 14.5 Å².